The van der Waals surface area contributed by atoms with E-state index in [1.807, 2.05) is 19.0 Å². The summed E-state index contributed by atoms with van der Waals surface area (Å²) in [6.07, 6.45) is 1.65. The van der Waals surface area contributed by atoms with Crippen molar-refractivity contribution in [2.45, 2.75) is 30.6 Å². The maximum absolute atomic E-state index is 12.9. The van der Waals surface area contributed by atoms with Crippen molar-refractivity contribution >= 4 is 10.0 Å². The van der Waals surface area contributed by atoms with Gasteiger partial charge in [-0.15, -0.1) is 0 Å². The number of likely N-dealkylation sites (N-methyl/N-ethyl adjacent to an activating group) is 1. The van der Waals surface area contributed by atoms with Crippen LogP contribution in [-0.4, -0.2) is 62.1 Å². The smallest absolute Gasteiger partial charge is 0.218 e. The van der Waals surface area contributed by atoms with Crippen LogP contribution in [0.25, 0.3) is 0 Å². The Labute approximate surface area is 137 Å². The van der Waals surface area contributed by atoms with Crippen LogP contribution in [0.1, 0.15) is 24.8 Å². The van der Waals surface area contributed by atoms with E-state index in [1.165, 1.54) is 28.6 Å². The van der Waals surface area contributed by atoms with Crippen LogP contribution in [0, 0.1) is 5.82 Å². The minimum absolute atomic E-state index is 0.139. The van der Waals surface area contributed by atoms with Gasteiger partial charge in [-0.05, 0) is 51.1 Å². The highest BCUT2D eigenvalue weighted by molar-refractivity contribution is 7.88. The molecule has 23 heavy (non-hydrogen) atoms. The van der Waals surface area contributed by atoms with Crippen LogP contribution in [0.15, 0.2) is 24.3 Å². The molecule has 1 N–H and O–H groups in total. The third-order valence-electron chi connectivity index (χ3n) is 4.14. The predicted octanol–water partition coefficient (Wildman–Crippen LogP) is 1.43. The first-order valence-electron chi connectivity index (χ1n) is 7.80. The molecule has 0 saturated carbocycles. The summed E-state index contributed by atoms with van der Waals surface area (Å²) in [6, 6.07) is 5.52. The lowest BCUT2D eigenvalue weighted by atomic mass is 9.94. The number of hydrogen-bond acceptors (Lipinski definition) is 4. The second-order valence-electron chi connectivity index (χ2n) is 6.60. The highest BCUT2D eigenvalue weighted by Gasteiger charge is 2.34. The predicted molar refractivity (Wildman–Crippen MR) is 88.0 cm³/mol. The van der Waals surface area contributed by atoms with E-state index in [-0.39, 0.29) is 11.6 Å². The highest BCUT2D eigenvalue weighted by Crippen LogP contribution is 2.25. The molecule has 0 radical (unpaired) electrons. The summed E-state index contributed by atoms with van der Waals surface area (Å²) in [5.41, 5.74) is -0.275. The molecule has 0 aliphatic carbocycles. The average Bonchev–Trinajstić information content (AvgIpc) is 2.63. The Morgan fingerprint density at radius 1 is 1.22 bits per heavy atom. The molecule has 0 unspecified atom stereocenters. The van der Waals surface area contributed by atoms with E-state index in [0.717, 1.165) is 0 Å². The first kappa shape index (κ1) is 18.3. The number of rotatable bonds is 5. The van der Waals surface area contributed by atoms with Gasteiger partial charge in [-0.3, -0.25) is 0 Å². The molecule has 0 amide bonds. The largest absolute Gasteiger partial charge is 0.389 e. The normalized spacial score (nSPS) is 23.9. The number of hydrogen-bond donors (Lipinski definition) is 1. The molecule has 1 saturated heterocycles. The zero-order chi connectivity index (χ0) is 17.1. The summed E-state index contributed by atoms with van der Waals surface area (Å²) in [5.74, 6) is -0.519. The van der Waals surface area contributed by atoms with Crippen molar-refractivity contribution in [3.63, 3.8) is 0 Å². The molecule has 130 valence electrons. The molecular formula is C16H25FN2O3S. The van der Waals surface area contributed by atoms with Gasteiger partial charge in [0.25, 0.3) is 0 Å². The van der Waals surface area contributed by atoms with Crippen LogP contribution in [0.4, 0.5) is 4.39 Å². The van der Waals surface area contributed by atoms with E-state index in [0.29, 0.717) is 44.5 Å². The van der Waals surface area contributed by atoms with Gasteiger partial charge in [0.15, 0.2) is 0 Å². The van der Waals surface area contributed by atoms with Gasteiger partial charge in [0, 0.05) is 19.6 Å². The molecule has 1 aliphatic heterocycles. The molecule has 1 aromatic rings. The van der Waals surface area contributed by atoms with Gasteiger partial charge in [-0.2, -0.15) is 0 Å². The molecule has 0 bridgehead atoms. The third-order valence-corrected chi connectivity index (χ3v) is 5.99. The van der Waals surface area contributed by atoms with E-state index in [9.17, 15) is 17.9 Å². The fraction of sp³-hybridized carbons (Fsp3) is 0.625. The van der Waals surface area contributed by atoms with E-state index in [4.69, 9.17) is 0 Å². The van der Waals surface area contributed by atoms with Crippen molar-refractivity contribution < 1.29 is 17.9 Å². The molecule has 0 spiro atoms. The summed E-state index contributed by atoms with van der Waals surface area (Å²) >= 11 is 0. The summed E-state index contributed by atoms with van der Waals surface area (Å²) in [4.78, 5) is 1.92. The average molecular weight is 344 g/mol. The molecule has 1 aromatic carbocycles. The Morgan fingerprint density at radius 3 is 2.48 bits per heavy atom. The molecule has 1 fully saturated rings. The molecule has 5 nitrogen and oxygen atoms in total. The number of aliphatic hydroxyl groups is 1. The molecular weight excluding hydrogens is 319 g/mol. The van der Waals surface area contributed by atoms with Crippen LogP contribution in [0.5, 0.6) is 0 Å². The van der Waals surface area contributed by atoms with Crippen LogP contribution in [0.3, 0.4) is 0 Å². The zero-order valence-electron chi connectivity index (χ0n) is 13.7. The van der Waals surface area contributed by atoms with E-state index >= 15 is 0 Å². The minimum Gasteiger partial charge on any atom is -0.389 e. The standard InChI is InChI=1S/C16H25FN2O3S/c1-18(2)13-16(20)8-3-10-19(11-9-16)23(21,22)12-14-4-6-15(17)7-5-14/h4-7,20H,3,8-13H2,1-2H3/t16-/m1/s1. The molecule has 0 aromatic heterocycles. The number of benzene rings is 1. The molecule has 1 atom stereocenters. The van der Waals surface area contributed by atoms with Crippen molar-refractivity contribution in [2.24, 2.45) is 0 Å². The fourth-order valence-electron chi connectivity index (χ4n) is 3.06. The van der Waals surface area contributed by atoms with Gasteiger partial charge < -0.3 is 10.0 Å². The highest BCUT2D eigenvalue weighted by atomic mass is 32.2. The second-order valence-corrected chi connectivity index (χ2v) is 8.57. The van der Waals surface area contributed by atoms with E-state index < -0.39 is 15.6 Å². The lowest BCUT2D eigenvalue weighted by Crippen LogP contribution is -2.41. The minimum atomic E-state index is -3.47. The van der Waals surface area contributed by atoms with Crippen molar-refractivity contribution in [3.8, 4) is 0 Å². The van der Waals surface area contributed by atoms with Gasteiger partial charge in [-0.1, -0.05) is 12.1 Å². The quantitative estimate of drug-likeness (QED) is 0.878. The first-order valence-corrected chi connectivity index (χ1v) is 9.41. The second kappa shape index (κ2) is 7.25. The third kappa shape index (κ3) is 5.24. The maximum Gasteiger partial charge on any atom is 0.218 e. The van der Waals surface area contributed by atoms with Crippen LogP contribution >= 0.6 is 0 Å². The first-order chi connectivity index (χ1) is 10.7. The Balaban J connectivity index is 2.04. The number of sulfonamides is 1. The van der Waals surface area contributed by atoms with Crippen LogP contribution < -0.4 is 0 Å². The van der Waals surface area contributed by atoms with Gasteiger partial charge in [0.2, 0.25) is 10.0 Å². The van der Waals surface area contributed by atoms with Crippen molar-refractivity contribution in [2.75, 3.05) is 33.7 Å². The topological polar surface area (TPSA) is 60.9 Å². The Morgan fingerprint density at radius 2 is 1.87 bits per heavy atom. The molecule has 7 heteroatoms. The Kier molecular flexibility index (Phi) is 5.78. The summed E-state index contributed by atoms with van der Waals surface area (Å²) < 4.78 is 39.5. The molecule has 1 heterocycles. The SMILES string of the molecule is CN(C)C[C@@]1(O)CCCN(S(=O)(=O)Cc2ccc(F)cc2)CC1. The monoisotopic (exact) mass is 344 g/mol. The van der Waals surface area contributed by atoms with Gasteiger partial charge in [-0.25, -0.2) is 17.1 Å². The zero-order valence-corrected chi connectivity index (χ0v) is 14.5. The van der Waals surface area contributed by atoms with E-state index in [1.54, 1.807) is 0 Å². The maximum atomic E-state index is 12.9. The van der Waals surface area contributed by atoms with Gasteiger partial charge in [0.1, 0.15) is 5.82 Å². The van der Waals surface area contributed by atoms with Gasteiger partial charge in [0.05, 0.1) is 11.4 Å². The summed E-state index contributed by atoms with van der Waals surface area (Å²) in [5, 5.41) is 10.6. The van der Waals surface area contributed by atoms with Crippen molar-refractivity contribution in [1.29, 1.82) is 0 Å². The summed E-state index contributed by atoms with van der Waals surface area (Å²) in [7, 11) is 0.324. The van der Waals surface area contributed by atoms with Gasteiger partial charge >= 0.3 is 0 Å². The van der Waals surface area contributed by atoms with E-state index in [2.05, 4.69) is 0 Å². The lowest BCUT2D eigenvalue weighted by molar-refractivity contribution is 0.00405. The van der Waals surface area contributed by atoms with Crippen LogP contribution in [0.2, 0.25) is 0 Å². The number of halogens is 1. The Bertz CT molecular complexity index is 619. The fourth-order valence-corrected chi connectivity index (χ4v) is 4.63. The summed E-state index contributed by atoms with van der Waals surface area (Å²) in [6.45, 7) is 1.26. The Hall–Kier alpha value is -1.02. The van der Waals surface area contributed by atoms with Crippen LogP contribution in [-0.2, 0) is 15.8 Å². The lowest BCUT2D eigenvalue weighted by Gasteiger charge is -2.29. The van der Waals surface area contributed by atoms with Crippen molar-refractivity contribution in [3.05, 3.63) is 35.6 Å². The molecule has 1 aliphatic rings. The molecule has 2 rings (SSSR count). The number of nitrogens with zero attached hydrogens (tertiary/aromatic N) is 2. The van der Waals surface area contributed by atoms with Crippen molar-refractivity contribution in [1.82, 2.24) is 9.21 Å².